The van der Waals surface area contributed by atoms with Crippen LogP contribution in [0.15, 0.2) is 30.3 Å². The van der Waals surface area contributed by atoms with Crippen LogP contribution >= 0.6 is 0 Å². The first-order chi connectivity index (χ1) is 9.24. The summed E-state index contributed by atoms with van der Waals surface area (Å²) in [7, 11) is 3.47. The number of nitrogens with one attached hydrogen (secondary N) is 1. The van der Waals surface area contributed by atoms with E-state index in [1.165, 1.54) is 0 Å². The maximum absolute atomic E-state index is 12.6. The Morgan fingerprint density at radius 2 is 1.95 bits per heavy atom. The minimum absolute atomic E-state index is 0.0422. The van der Waals surface area contributed by atoms with Crippen molar-refractivity contribution in [1.82, 2.24) is 10.2 Å². The molecule has 1 atom stereocenters. The summed E-state index contributed by atoms with van der Waals surface area (Å²) in [5.41, 5.74) is 0.913. The zero-order chi connectivity index (χ0) is 13.7. The van der Waals surface area contributed by atoms with Gasteiger partial charge in [-0.25, -0.2) is 0 Å². The second-order valence-corrected chi connectivity index (χ2v) is 4.96. The number of carbonyl (C=O) groups excluding carboxylic acids is 1. The number of nitrogens with zero attached hydrogens (tertiary/aromatic N) is 1. The van der Waals surface area contributed by atoms with E-state index in [2.05, 4.69) is 5.32 Å². The molecule has 0 bridgehead atoms. The second kappa shape index (κ2) is 6.68. The quantitative estimate of drug-likeness (QED) is 0.896. The van der Waals surface area contributed by atoms with E-state index in [1.54, 1.807) is 7.11 Å². The fourth-order valence-corrected chi connectivity index (χ4v) is 2.57. The molecule has 1 aliphatic heterocycles. The lowest BCUT2D eigenvalue weighted by Crippen LogP contribution is -2.45. The average Bonchev–Trinajstić information content (AvgIpc) is 2.49. The second-order valence-electron chi connectivity index (χ2n) is 4.96. The first kappa shape index (κ1) is 14.0. The van der Waals surface area contributed by atoms with Gasteiger partial charge >= 0.3 is 0 Å². The van der Waals surface area contributed by atoms with Gasteiger partial charge in [0.05, 0.1) is 0 Å². The highest BCUT2D eigenvalue weighted by atomic mass is 16.5. The summed E-state index contributed by atoms with van der Waals surface area (Å²) < 4.78 is 5.40. The van der Waals surface area contributed by atoms with Crippen LogP contribution in [0.3, 0.4) is 0 Å². The van der Waals surface area contributed by atoms with Gasteiger partial charge in [-0.1, -0.05) is 30.3 Å². The molecular formula is C15H22N2O2. The van der Waals surface area contributed by atoms with Crippen molar-refractivity contribution in [1.29, 1.82) is 0 Å². The summed E-state index contributed by atoms with van der Waals surface area (Å²) in [6.07, 6.45) is 1.52. The largest absolute Gasteiger partial charge is 0.367 e. The molecular weight excluding hydrogens is 240 g/mol. The first-order valence-electron chi connectivity index (χ1n) is 6.79. The summed E-state index contributed by atoms with van der Waals surface area (Å²) in [6.45, 7) is 1.95. The van der Waals surface area contributed by atoms with Crippen LogP contribution in [0, 0.1) is 0 Å². The Labute approximate surface area is 114 Å². The molecule has 4 heteroatoms. The van der Waals surface area contributed by atoms with Gasteiger partial charge in [-0.15, -0.1) is 0 Å². The SMILES string of the molecule is COC(C(=O)N(C)C1CCNCC1)c1ccccc1. The fourth-order valence-electron chi connectivity index (χ4n) is 2.57. The van der Waals surface area contributed by atoms with E-state index in [1.807, 2.05) is 42.3 Å². The molecule has 0 aromatic heterocycles. The molecule has 104 valence electrons. The van der Waals surface area contributed by atoms with Crippen LogP contribution in [-0.4, -0.2) is 44.1 Å². The maximum atomic E-state index is 12.6. The topological polar surface area (TPSA) is 41.6 Å². The van der Waals surface area contributed by atoms with Gasteiger partial charge in [0.2, 0.25) is 0 Å². The van der Waals surface area contributed by atoms with Crippen LogP contribution in [0.2, 0.25) is 0 Å². The molecule has 1 aliphatic rings. The molecule has 4 nitrogen and oxygen atoms in total. The molecule has 1 aromatic rings. The number of benzene rings is 1. The first-order valence-corrected chi connectivity index (χ1v) is 6.79. The molecule has 2 rings (SSSR count). The molecule has 1 N–H and O–H groups in total. The monoisotopic (exact) mass is 262 g/mol. The zero-order valence-electron chi connectivity index (χ0n) is 11.6. The lowest BCUT2D eigenvalue weighted by atomic mass is 10.0. The number of piperidine rings is 1. The minimum atomic E-state index is -0.499. The van der Waals surface area contributed by atoms with E-state index in [4.69, 9.17) is 4.74 Å². The van der Waals surface area contributed by atoms with E-state index in [-0.39, 0.29) is 5.91 Å². The molecule has 1 amide bonds. The number of hydrogen-bond acceptors (Lipinski definition) is 3. The molecule has 1 unspecified atom stereocenters. The van der Waals surface area contributed by atoms with Gasteiger partial charge in [0, 0.05) is 20.2 Å². The fraction of sp³-hybridized carbons (Fsp3) is 0.533. The molecule has 19 heavy (non-hydrogen) atoms. The van der Waals surface area contributed by atoms with E-state index in [0.29, 0.717) is 6.04 Å². The van der Waals surface area contributed by atoms with Crippen LogP contribution in [0.4, 0.5) is 0 Å². The Morgan fingerprint density at radius 3 is 2.53 bits per heavy atom. The predicted octanol–water partition coefficient (Wildman–Crippen LogP) is 1.58. The van der Waals surface area contributed by atoms with Crippen LogP contribution in [0.5, 0.6) is 0 Å². The zero-order valence-corrected chi connectivity index (χ0v) is 11.6. The van der Waals surface area contributed by atoms with Crippen molar-refractivity contribution < 1.29 is 9.53 Å². The molecule has 1 saturated heterocycles. The van der Waals surface area contributed by atoms with Crippen LogP contribution in [0.25, 0.3) is 0 Å². The van der Waals surface area contributed by atoms with E-state index in [9.17, 15) is 4.79 Å². The lowest BCUT2D eigenvalue weighted by molar-refractivity contribution is -0.143. The third-order valence-electron chi connectivity index (χ3n) is 3.77. The number of methoxy groups -OCH3 is 1. The van der Waals surface area contributed by atoms with Gasteiger partial charge in [-0.2, -0.15) is 0 Å². The van der Waals surface area contributed by atoms with Gasteiger partial charge in [0.15, 0.2) is 6.10 Å². The highest BCUT2D eigenvalue weighted by molar-refractivity contribution is 5.82. The molecule has 1 heterocycles. The highest BCUT2D eigenvalue weighted by Crippen LogP contribution is 2.21. The van der Waals surface area contributed by atoms with E-state index < -0.39 is 6.10 Å². The van der Waals surface area contributed by atoms with Gasteiger partial charge < -0.3 is 15.0 Å². The summed E-state index contributed by atoms with van der Waals surface area (Å²) in [5, 5.41) is 3.31. The molecule has 0 aliphatic carbocycles. The van der Waals surface area contributed by atoms with Crippen molar-refractivity contribution in [3.63, 3.8) is 0 Å². The number of likely N-dealkylation sites (N-methyl/N-ethyl adjacent to an activating group) is 1. The minimum Gasteiger partial charge on any atom is -0.367 e. The lowest BCUT2D eigenvalue weighted by Gasteiger charge is -2.33. The molecule has 0 saturated carbocycles. The van der Waals surface area contributed by atoms with Crippen LogP contribution in [0.1, 0.15) is 24.5 Å². The average molecular weight is 262 g/mol. The standard InChI is InChI=1S/C15H22N2O2/c1-17(13-8-10-16-11-9-13)15(18)14(19-2)12-6-4-3-5-7-12/h3-7,13-14,16H,8-11H2,1-2H3. The Hall–Kier alpha value is -1.39. The highest BCUT2D eigenvalue weighted by Gasteiger charge is 2.28. The normalized spacial score (nSPS) is 18.0. The Bertz CT molecular complexity index is 402. The van der Waals surface area contributed by atoms with E-state index in [0.717, 1.165) is 31.5 Å². The molecule has 0 radical (unpaired) electrons. The maximum Gasteiger partial charge on any atom is 0.256 e. The summed E-state index contributed by atoms with van der Waals surface area (Å²) >= 11 is 0. The summed E-state index contributed by atoms with van der Waals surface area (Å²) in [4.78, 5) is 14.4. The van der Waals surface area contributed by atoms with Crippen molar-refractivity contribution in [2.45, 2.75) is 25.0 Å². The Balaban J connectivity index is 2.07. The summed E-state index contributed by atoms with van der Waals surface area (Å²) in [6, 6.07) is 9.98. The van der Waals surface area contributed by atoms with Crippen molar-refractivity contribution >= 4 is 5.91 Å². The van der Waals surface area contributed by atoms with Crippen LogP contribution in [-0.2, 0) is 9.53 Å². The van der Waals surface area contributed by atoms with Crippen LogP contribution < -0.4 is 5.32 Å². The Morgan fingerprint density at radius 1 is 1.32 bits per heavy atom. The smallest absolute Gasteiger partial charge is 0.256 e. The van der Waals surface area contributed by atoms with Crippen molar-refractivity contribution in [2.75, 3.05) is 27.2 Å². The predicted molar refractivity (Wildman–Crippen MR) is 74.9 cm³/mol. The van der Waals surface area contributed by atoms with Gasteiger partial charge in [0.1, 0.15) is 0 Å². The van der Waals surface area contributed by atoms with E-state index >= 15 is 0 Å². The van der Waals surface area contributed by atoms with Gasteiger partial charge in [0.25, 0.3) is 5.91 Å². The number of hydrogen-bond donors (Lipinski definition) is 1. The summed E-state index contributed by atoms with van der Waals surface area (Å²) in [5.74, 6) is 0.0422. The molecule has 1 fully saturated rings. The molecule has 1 aromatic carbocycles. The third kappa shape index (κ3) is 3.33. The van der Waals surface area contributed by atoms with Gasteiger partial charge in [-0.3, -0.25) is 4.79 Å². The number of rotatable bonds is 4. The van der Waals surface area contributed by atoms with Crippen molar-refractivity contribution in [3.8, 4) is 0 Å². The number of amides is 1. The van der Waals surface area contributed by atoms with Gasteiger partial charge in [-0.05, 0) is 31.5 Å². The van der Waals surface area contributed by atoms with Crippen molar-refractivity contribution in [3.05, 3.63) is 35.9 Å². The van der Waals surface area contributed by atoms with Crippen molar-refractivity contribution in [2.24, 2.45) is 0 Å². The Kier molecular flexibility index (Phi) is 4.93. The molecule has 0 spiro atoms. The number of ether oxygens (including phenoxy) is 1. The number of carbonyl (C=O) groups is 1. The third-order valence-corrected chi connectivity index (χ3v) is 3.77.